The lowest BCUT2D eigenvalue weighted by atomic mass is 10.0. The molecule has 0 unspecified atom stereocenters. The number of carbonyl (C=O) groups excluding carboxylic acids is 1. The second-order valence-electron chi connectivity index (χ2n) is 6.04. The van der Waals surface area contributed by atoms with Crippen molar-refractivity contribution in [1.82, 2.24) is 0 Å². The van der Waals surface area contributed by atoms with E-state index in [1.807, 2.05) is 41.3 Å². The first-order valence-corrected chi connectivity index (χ1v) is 9.01. The molecule has 0 aliphatic rings. The van der Waals surface area contributed by atoms with Crippen LogP contribution in [0.2, 0.25) is 0 Å². The van der Waals surface area contributed by atoms with Gasteiger partial charge in [0.05, 0.1) is 6.54 Å². The first-order chi connectivity index (χ1) is 12.2. The number of aliphatic hydroxyl groups excluding tert-OH is 1. The van der Waals surface area contributed by atoms with Crippen molar-refractivity contribution >= 4 is 17.3 Å². The molecule has 0 spiro atoms. The van der Waals surface area contributed by atoms with Gasteiger partial charge in [-0.2, -0.15) is 0 Å². The zero-order valence-electron chi connectivity index (χ0n) is 15.2. The first kappa shape index (κ1) is 19.0. The van der Waals surface area contributed by atoms with Gasteiger partial charge in [-0.15, -0.1) is 0 Å². The Morgan fingerprint density at radius 3 is 2.20 bits per heavy atom. The molecule has 0 fully saturated rings. The summed E-state index contributed by atoms with van der Waals surface area (Å²) in [5, 5.41) is 12.3. The molecular formula is C21H28N2O2. The summed E-state index contributed by atoms with van der Waals surface area (Å²) in [6.07, 6.45) is 2.40. The van der Waals surface area contributed by atoms with Gasteiger partial charge in [0.15, 0.2) is 0 Å². The number of aryl methyl sites for hydroxylation is 2. The predicted octanol–water partition coefficient (Wildman–Crippen LogP) is 3.64. The maximum absolute atomic E-state index is 12.7. The van der Waals surface area contributed by atoms with E-state index in [0.717, 1.165) is 35.3 Å². The zero-order valence-corrected chi connectivity index (χ0v) is 15.2. The van der Waals surface area contributed by atoms with Crippen LogP contribution in [0.1, 0.15) is 31.4 Å². The number of nitrogens with one attached hydrogen (secondary N) is 1. The van der Waals surface area contributed by atoms with Gasteiger partial charge in [0.2, 0.25) is 5.91 Å². The van der Waals surface area contributed by atoms with Crippen molar-refractivity contribution in [2.75, 3.05) is 29.9 Å². The molecule has 0 aliphatic carbocycles. The number of aliphatic hydroxyl groups is 1. The molecule has 0 bridgehead atoms. The second kappa shape index (κ2) is 9.84. The Hall–Kier alpha value is -2.33. The van der Waals surface area contributed by atoms with E-state index in [-0.39, 0.29) is 19.1 Å². The average molecular weight is 340 g/mol. The van der Waals surface area contributed by atoms with E-state index < -0.39 is 0 Å². The predicted molar refractivity (Wildman–Crippen MR) is 104 cm³/mol. The lowest BCUT2D eigenvalue weighted by molar-refractivity contribution is -0.115. The van der Waals surface area contributed by atoms with Crippen LogP contribution in [-0.4, -0.2) is 30.7 Å². The number of para-hydroxylation sites is 2. The molecule has 0 aliphatic heterocycles. The molecule has 0 heterocycles. The number of hydrogen-bond acceptors (Lipinski definition) is 3. The van der Waals surface area contributed by atoms with Crippen LogP contribution in [-0.2, 0) is 17.6 Å². The van der Waals surface area contributed by atoms with Gasteiger partial charge in [0, 0.05) is 24.5 Å². The smallest absolute Gasteiger partial charge is 0.243 e. The quantitative estimate of drug-likeness (QED) is 0.733. The van der Waals surface area contributed by atoms with Crippen molar-refractivity contribution in [3.8, 4) is 0 Å². The molecule has 4 nitrogen and oxygen atoms in total. The minimum atomic E-state index is -0.0302. The summed E-state index contributed by atoms with van der Waals surface area (Å²) in [5.74, 6) is -0.0302. The fraction of sp³-hybridized carbons (Fsp3) is 0.381. The lowest BCUT2D eigenvalue weighted by Crippen LogP contribution is -2.34. The van der Waals surface area contributed by atoms with Crippen LogP contribution in [0.15, 0.2) is 48.5 Å². The highest BCUT2D eigenvalue weighted by Crippen LogP contribution is 2.23. The van der Waals surface area contributed by atoms with E-state index in [0.29, 0.717) is 13.0 Å². The van der Waals surface area contributed by atoms with Crippen LogP contribution in [0.3, 0.4) is 0 Å². The van der Waals surface area contributed by atoms with Gasteiger partial charge in [-0.05, 0) is 42.5 Å². The number of hydrogen-bond donors (Lipinski definition) is 2. The molecule has 2 aromatic carbocycles. The molecule has 0 saturated carbocycles. The third-order valence-corrected chi connectivity index (χ3v) is 4.31. The molecule has 0 atom stereocenters. The highest BCUT2D eigenvalue weighted by molar-refractivity contribution is 5.95. The molecule has 2 rings (SSSR count). The summed E-state index contributed by atoms with van der Waals surface area (Å²) in [5.41, 5.74) is 4.27. The van der Waals surface area contributed by atoms with Crippen LogP contribution < -0.4 is 10.2 Å². The van der Waals surface area contributed by atoms with E-state index in [2.05, 4.69) is 31.3 Å². The molecule has 0 radical (unpaired) electrons. The van der Waals surface area contributed by atoms with Gasteiger partial charge >= 0.3 is 0 Å². The van der Waals surface area contributed by atoms with Crippen molar-refractivity contribution in [2.24, 2.45) is 0 Å². The van der Waals surface area contributed by atoms with Crippen molar-refractivity contribution < 1.29 is 9.90 Å². The Morgan fingerprint density at radius 2 is 1.64 bits per heavy atom. The van der Waals surface area contributed by atoms with Gasteiger partial charge in [0.1, 0.15) is 0 Å². The molecule has 134 valence electrons. The minimum absolute atomic E-state index is 0.0302. The van der Waals surface area contributed by atoms with Crippen molar-refractivity contribution in [3.05, 3.63) is 59.7 Å². The summed E-state index contributed by atoms with van der Waals surface area (Å²) < 4.78 is 0. The molecule has 4 heteroatoms. The fourth-order valence-electron chi connectivity index (χ4n) is 2.96. The van der Waals surface area contributed by atoms with Gasteiger partial charge in [-0.3, -0.25) is 4.79 Å². The Balaban J connectivity index is 2.14. The number of rotatable bonds is 9. The van der Waals surface area contributed by atoms with Crippen molar-refractivity contribution in [2.45, 2.75) is 33.1 Å². The van der Waals surface area contributed by atoms with E-state index in [1.165, 1.54) is 0 Å². The van der Waals surface area contributed by atoms with Gasteiger partial charge in [0.25, 0.3) is 0 Å². The number of anilines is 2. The number of carbonyl (C=O) groups is 1. The Kier molecular flexibility index (Phi) is 7.48. The average Bonchev–Trinajstić information content (AvgIpc) is 2.65. The van der Waals surface area contributed by atoms with E-state index in [1.54, 1.807) is 0 Å². The van der Waals surface area contributed by atoms with Gasteiger partial charge in [-0.1, -0.05) is 50.2 Å². The standard InChI is InChI=1S/C21H28N2O2/c1-3-17-10-8-11-18(4-2)21(17)22-20(25)16-23(14-9-15-24)19-12-6-5-7-13-19/h5-8,10-13,24H,3-4,9,14-16H2,1-2H3,(H,22,25). The maximum Gasteiger partial charge on any atom is 0.243 e. The topological polar surface area (TPSA) is 52.6 Å². The number of nitrogens with zero attached hydrogens (tertiary/aromatic N) is 1. The van der Waals surface area contributed by atoms with Crippen LogP contribution in [0, 0.1) is 0 Å². The third-order valence-electron chi connectivity index (χ3n) is 4.31. The van der Waals surface area contributed by atoms with E-state index in [4.69, 9.17) is 5.11 Å². The number of benzene rings is 2. The fourth-order valence-corrected chi connectivity index (χ4v) is 2.96. The van der Waals surface area contributed by atoms with Crippen LogP contribution >= 0.6 is 0 Å². The molecule has 2 N–H and O–H groups in total. The van der Waals surface area contributed by atoms with Crippen LogP contribution in [0.25, 0.3) is 0 Å². The van der Waals surface area contributed by atoms with E-state index in [9.17, 15) is 4.79 Å². The highest BCUT2D eigenvalue weighted by Gasteiger charge is 2.14. The summed E-state index contributed by atoms with van der Waals surface area (Å²) in [7, 11) is 0. The molecule has 0 saturated heterocycles. The zero-order chi connectivity index (χ0) is 18.1. The number of amides is 1. The third kappa shape index (κ3) is 5.33. The van der Waals surface area contributed by atoms with Crippen molar-refractivity contribution in [3.63, 3.8) is 0 Å². The Labute approximate surface area is 150 Å². The summed E-state index contributed by atoms with van der Waals surface area (Å²) in [6, 6.07) is 16.0. The summed E-state index contributed by atoms with van der Waals surface area (Å²) >= 11 is 0. The Morgan fingerprint density at radius 1 is 1.00 bits per heavy atom. The first-order valence-electron chi connectivity index (χ1n) is 9.01. The minimum Gasteiger partial charge on any atom is -0.396 e. The highest BCUT2D eigenvalue weighted by atomic mass is 16.3. The molecular weight excluding hydrogens is 312 g/mol. The van der Waals surface area contributed by atoms with Crippen LogP contribution in [0.4, 0.5) is 11.4 Å². The largest absolute Gasteiger partial charge is 0.396 e. The summed E-state index contributed by atoms with van der Waals surface area (Å²) in [6.45, 7) is 5.22. The Bertz CT molecular complexity index is 649. The van der Waals surface area contributed by atoms with Crippen LogP contribution in [0.5, 0.6) is 0 Å². The molecule has 2 aromatic rings. The van der Waals surface area contributed by atoms with Gasteiger partial charge < -0.3 is 15.3 Å². The molecule has 0 aromatic heterocycles. The monoisotopic (exact) mass is 340 g/mol. The van der Waals surface area contributed by atoms with E-state index >= 15 is 0 Å². The normalized spacial score (nSPS) is 10.5. The molecule has 25 heavy (non-hydrogen) atoms. The molecule has 1 amide bonds. The second-order valence-corrected chi connectivity index (χ2v) is 6.04. The van der Waals surface area contributed by atoms with Crippen molar-refractivity contribution in [1.29, 1.82) is 0 Å². The maximum atomic E-state index is 12.7. The van der Waals surface area contributed by atoms with Gasteiger partial charge in [-0.25, -0.2) is 0 Å². The SMILES string of the molecule is CCc1cccc(CC)c1NC(=O)CN(CCCO)c1ccccc1. The summed E-state index contributed by atoms with van der Waals surface area (Å²) in [4.78, 5) is 14.7. The lowest BCUT2D eigenvalue weighted by Gasteiger charge is -2.24.